The Morgan fingerprint density at radius 2 is 1.52 bits per heavy atom. The first-order valence-corrected chi connectivity index (χ1v) is 6.83. The molecule has 2 rings (SSSR count). The predicted octanol–water partition coefficient (Wildman–Crippen LogP) is 4.41. The van der Waals surface area contributed by atoms with E-state index in [2.05, 4.69) is 33.8 Å². The van der Waals surface area contributed by atoms with E-state index in [1.54, 1.807) is 12.1 Å². The van der Waals surface area contributed by atoms with Crippen LogP contribution in [0.25, 0.3) is 0 Å². The van der Waals surface area contributed by atoms with Gasteiger partial charge in [0.05, 0.1) is 4.92 Å². The standard InChI is InChI=1S/C17H19NO3/c1-11-9-12(2)14(4)17(13(11)3)10-21-16-7-5-15(6-8-16)18(19)20/h5-9H,10H2,1-4H3. The van der Waals surface area contributed by atoms with Gasteiger partial charge >= 0.3 is 0 Å². The second-order valence-electron chi connectivity index (χ2n) is 5.28. The molecule has 21 heavy (non-hydrogen) atoms. The van der Waals surface area contributed by atoms with Gasteiger partial charge in [0.25, 0.3) is 5.69 Å². The fourth-order valence-corrected chi connectivity index (χ4v) is 2.33. The quantitative estimate of drug-likeness (QED) is 0.617. The Morgan fingerprint density at radius 1 is 1.00 bits per heavy atom. The third kappa shape index (κ3) is 3.21. The van der Waals surface area contributed by atoms with Crippen molar-refractivity contribution in [3.05, 3.63) is 68.3 Å². The van der Waals surface area contributed by atoms with E-state index in [4.69, 9.17) is 4.74 Å². The summed E-state index contributed by atoms with van der Waals surface area (Å²) in [5.41, 5.74) is 6.23. The van der Waals surface area contributed by atoms with Gasteiger partial charge in [-0.1, -0.05) is 6.07 Å². The monoisotopic (exact) mass is 285 g/mol. The molecule has 4 nitrogen and oxygen atoms in total. The molecule has 0 atom stereocenters. The summed E-state index contributed by atoms with van der Waals surface area (Å²) >= 11 is 0. The van der Waals surface area contributed by atoms with Gasteiger partial charge in [-0.15, -0.1) is 0 Å². The number of hydrogen-bond acceptors (Lipinski definition) is 3. The second kappa shape index (κ2) is 5.95. The van der Waals surface area contributed by atoms with Crippen molar-refractivity contribution in [3.8, 4) is 5.75 Å². The molecule has 0 aliphatic rings. The zero-order valence-corrected chi connectivity index (χ0v) is 12.8. The van der Waals surface area contributed by atoms with Crippen LogP contribution in [0.1, 0.15) is 27.8 Å². The van der Waals surface area contributed by atoms with Crippen LogP contribution in [0.2, 0.25) is 0 Å². The maximum absolute atomic E-state index is 10.6. The SMILES string of the molecule is Cc1cc(C)c(C)c(COc2ccc([N+](=O)[O-])cc2)c1C. The Hall–Kier alpha value is -2.36. The van der Waals surface area contributed by atoms with E-state index in [1.807, 2.05) is 0 Å². The van der Waals surface area contributed by atoms with E-state index in [0.717, 1.165) is 0 Å². The van der Waals surface area contributed by atoms with Gasteiger partial charge in [0.1, 0.15) is 12.4 Å². The van der Waals surface area contributed by atoms with E-state index < -0.39 is 4.92 Å². The summed E-state index contributed by atoms with van der Waals surface area (Å²) in [5, 5.41) is 10.6. The Morgan fingerprint density at radius 3 is 2.00 bits per heavy atom. The number of aryl methyl sites for hydroxylation is 2. The highest BCUT2D eigenvalue weighted by Crippen LogP contribution is 2.24. The molecule has 2 aromatic rings. The number of ether oxygens (including phenoxy) is 1. The fourth-order valence-electron chi connectivity index (χ4n) is 2.33. The minimum Gasteiger partial charge on any atom is -0.489 e. The number of nitrogens with zero attached hydrogens (tertiary/aromatic N) is 1. The molecule has 0 saturated carbocycles. The molecule has 0 aromatic heterocycles. The molecule has 0 saturated heterocycles. The summed E-state index contributed by atoms with van der Waals surface area (Å²) in [5.74, 6) is 0.638. The molecule has 4 heteroatoms. The average molecular weight is 285 g/mol. The largest absolute Gasteiger partial charge is 0.489 e. The minimum atomic E-state index is -0.415. The van der Waals surface area contributed by atoms with Gasteiger partial charge in [0.2, 0.25) is 0 Å². The van der Waals surface area contributed by atoms with Crippen molar-refractivity contribution in [1.29, 1.82) is 0 Å². The van der Waals surface area contributed by atoms with E-state index in [0.29, 0.717) is 12.4 Å². The average Bonchev–Trinajstić information content (AvgIpc) is 2.45. The molecule has 0 unspecified atom stereocenters. The van der Waals surface area contributed by atoms with Crippen LogP contribution in [-0.4, -0.2) is 4.92 Å². The van der Waals surface area contributed by atoms with Crippen LogP contribution in [0, 0.1) is 37.8 Å². The Bertz CT molecular complexity index is 649. The first-order chi connectivity index (χ1) is 9.90. The maximum atomic E-state index is 10.6. The van der Waals surface area contributed by atoms with Gasteiger partial charge in [-0.05, 0) is 67.6 Å². The minimum absolute atomic E-state index is 0.0705. The van der Waals surface area contributed by atoms with Crippen molar-refractivity contribution >= 4 is 5.69 Å². The smallest absolute Gasteiger partial charge is 0.269 e. The molecular weight excluding hydrogens is 266 g/mol. The molecule has 0 aliphatic heterocycles. The zero-order valence-electron chi connectivity index (χ0n) is 12.8. The van der Waals surface area contributed by atoms with Crippen molar-refractivity contribution in [2.45, 2.75) is 34.3 Å². The summed E-state index contributed by atoms with van der Waals surface area (Å²) < 4.78 is 5.78. The van der Waals surface area contributed by atoms with Gasteiger partial charge < -0.3 is 4.74 Å². The summed E-state index contributed by atoms with van der Waals surface area (Å²) in [6, 6.07) is 8.35. The lowest BCUT2D eigenvalue weighted by molar-refractivity contribution is -0.384. The second-order valence-corrected chi connectivity index (χ2v) is 5.28. The van der Waals surface area contributed by atoms with E-state index in [1.165, 1.54) is 39.9 Å². The van der Waals surface area contributed by atoms with E-state index in [9.17, 15) is 10.1 Å². The van der Waals surface area contributed by atoms with Gasteiger partial charge in [-0.2, -0.15) is 0 Å². The fraction of sp³-hybridized carbons (Fsp3) is 0.294. The van der Waals surface area contributed by atoms with Gasteiger partial charge in [0, 0.05) is 12.1 Å². The molecule has 0 radical (unpaired) electrons. The number of rotatable bonds is 4. The Kier molecular flexibility index (Phi) is 4.26. The predicted molar refractivity (Wildman–Crippen MR) is 82.8 cm³/mol. The summed E-state index contributed by atoms with van der Waals surface area (Å²) in [7, 11) is 0. The molecule has 0 fully saturated rings. The van der Waals surface area contributed by atoms with Crippen molar-refractivity contribution in [2.24, 2.45) is 0 Å². The molecule has 0 N–H and O–H groups in total. The topological polar surface area (TPSA) is 52.4 Å². The highest BCUT2D eigenvalue weighted by Gasteiger charge is 2.10. The number of benzene rings is 2. The van der Waals surface area contributed by atoms with Crippen molar-refractivity contribution in [3.63, 3.8) is 0 Å². The van der Waals surface area contributed by atoms with E-state index in [-0.39, 0.29) is 5.69 Å². The molecular formula is C17H19NO3. The molecule has 0 amide bonds. The Balaban J connectivity index is 2.18. The van der Waals surface area contributed by atoms with Crippen LogP contribution in [-0.2, 0) is 6.61 Å². The number of nitro groups is 1. The summed E-state index contributed by atoms with van der Waals surface area (Å²) in [4.78, 5) is 10.2. The van der Waals surface area contributed by atoms with Crippen LogP contribution < -0.4 is 4.74 Å². The maximum Gasteiger partial charge on any atom is 0.269 e. The molecule has 2 aromatic carbocycles. The van der Waals surface area contributed by atoms with Crippen LogP contribution in [0.15, 0.2) is 30.3 Å². The molecule has 0 bridgehead atoms. The van der Waals surface area contributed by atoms with Gasteiger partial charge in [0.15, 0.2) is 0 Å². The molecule has 0 heterocycles. The van der Waals surface area contributed by atoms with Crippen molar-refractivity contribution in [1.82, 2.24) is 0 Å². The highest BCUT2D eigenvalue weighted by atomic mass is 16.6. The lowest BCUT2D eigenvalue weighted by Gasteiger charge is -2.16. The lowest BCUT2D eigenvalue weighted by atomic mass is 9.95. The summed E-state index contributed by atoms with van der Waals surface area (Å²) in [6.07, 6.45) is 0. The lowest BCUT2D eigenvalue weighted by Crippen LogP contribution is -2.04. The number of non-ortho nitro benzene ring substituents is 1. The highest BCUT2D eigenvalue weighted by molar-refractivity contribution is 5.44. The van der Waals surface area contributed by atoms with Crippen LogP contribution >= 0.6 is 0 Å². The first kappa shape index (κ1) is 15.0. The van der Waals surface area contributed by atoms with Gasteiger partial charge in [-0.3, -0.25) is 10.1 Å². The number of hydrogen-bond donors (Lipinski definition) is 0. The van der Waals surface area contributed by atoms with Crippen molar-refractivity contribution in [2.75, 3.05) is 0 Å². The first-order valence-electron chi connectivity index (χ1n) is 6.83. The van der Waals surface area contributed by atoms with E-state index >= 15 is 0 Å². The molecule has 0 spiro atoms. The van der Waals surface area contributed by atoms with Crippen molar-refractivity contribution < 1.29 is 9.66 Å². The third-order valence-electron chi connectivity index (χ3n) is 3.95. The van der Waals surface area contributed by atoms with Gasteiger partial charge in [-0.25, -0.2) is 0 Å². The summed E-state index contributed by atoms with van der Waals surface area (Å²) in [6.45, 7) is 8.85. The third-order valence-corrected chi connectivity index (χ3v) is 3.95. The molecule has 110 valence electrons. The van der Waals surface area contributed by atoms with Crippen LogP contribution in [0.5, 0.6) is 5.75 Å². The van der Waals surface area contributed by atoms with Crippen LogP contribution in [0.4, 0.5) is 5.69 Å². The van der Waals surface area contributed by atoms with Crippen LogP contribution in [0.3, 0.4) is 0 Å². The Labute approximate surface area is 124 Å². The molecule has 0 aliphatic carbocycles. The number of nitro benzene ring substituents is 1. The normalized spacial score (nSPS) is 10.5. The zero-order chi connectivity index (χ0) is 15.6.